The predicted molar refractivity (Wildman–Crippen MR) is 90.5 cm³/mol. The first-order valence-corrected chi connectivity index (χ1v) is 10.8. The summed E-state index contributed by atoms with van der Waals surface area (Å²) in [5.41, 5.74) is 9.26. The summed E-state index contributed by atoms with van der Waals surface area (Å²) in [5, 5.41) is 12.6. The second-order valence-electron chi connectivity index (χ2n) is 6.45. The van der Waals surface area contributed by atoms with E-state index in [1.165, 1.54) is 11.1 Å². The summed E-state index contributed by atoms with van der Waals surface area (Å²) in [4.78, 5) is 14.7. The Morgan fingerprint density at radius 1 is 1.48 bits per heavy atom. The van der Waals surface area contributed by atoms with Crippen LogP contribution < -0.4 is 31.2 Å². The van der Waals surface area contributed by atoms with E-state index in [9.17, 15) is 9.90 Å². The van der Waals surface area contributed by atoms with Crippen molar-refractivity contribution < 1.29 is 30.9 Å². The number of aliphatic hydroxyl groups is 1. The van der Waals surface area contributed by atoms with Crippen LogP contribution in [0.4, 0.5) is 5.69 Å². The van der Waals surface area contributed by atoms with Gasteiger partial charge >= 0.3 is 151 Å². The summed E-state index contributed by atoms with van der Waals surface area (Å²) >= 11 is -0.199. The molecular formula is C17H25BIN2O2-. The molecule has 1 aliphatic rings. The first kappa shape index (κ1) is 18.6. The van der Waals surface area contributed by atoms with Crippen molar-refractivity contribution in [1.82, 2.24) is 5.32 Å². The van der Waals surface area contributed by atoms with Crippen molar-refractivity contribution >= 4 is 17.3 Å². The number of carbonyl (C=O) groups excluding carboxylic acids is 1. The average Bonchev–Trinajstić information content (AvgIpc) is 2.51. The van der Waals surface area contributed by atoms with Gasteiger partial charge in [0.1, 0.15) is 0 Å². The number of aryl methyl sites for hydroxylation is 1. The molecule has 2 radical (unpaired) electrons. The van der Waals surface area contributed by atoms with Gasteiger partial charge in [0.15, 0.2) is 0 Å². The van der Waals surface area contributed by atoms with Gasteiger partial charge in [-0.1, -0.05) is 0 Å². The molecule has 2 N–H and O–H groups in total. The molecule has 1 aromatic rings. The van der Waals surface area contributed by atoms with Gasteiger partial charge in [-0.05, 0) is 0 Å². The average molecular weight is 427 g/mol. The fourth-order valence-electron chi connectivity index (χ4n) is 3.22. The molecule has 23 heavy (non-hydrogen) atoms. The maximum absolute atomic E-state index is 12.6. The Morgan fingerprint density at radius 3 is 2.83 bits per heavy atom. The van der Waals surface area contributed by atoms with E-state index in [1.807, 2.05) is 7.05 Å². The molecular weight excluding hydrogens is 402 g/mol. The zero-order valence-corrected chi connectivity index (χ0v) is 16.2. The van der Waals surface area contributed by atoms with Crippen molar-refractivity contribution in [3.63, 3.8) is 0 Å². The number of rotatable bonds is 5. The molecule has 2 atom stereocenters. The molecule has 1 amide bonds. The first-order chi connectivity index (χ1) is 11.0. The fraction of sp³-hybridized carbons (Fsp3) is 0.588. The molecule has 0 saturated heterocycles. The summed E-state index contributed by atoms with van der Waals surface area (Å²) in [7, 11) is 1.99. The summed E-state index contributed by atoms with van der Waals surface area (Å²) in [6.07, 6.45) is 1.64. The number of nitrogens with one attached hydrogen (secondary N) is 1. The standard InChI is InChI=1S/C17H25BIN2O2/c1-11(2)16-17(23)20-14(10-22)9-13-5-4-12(6-7-19-18)8-15(13)21(16)3/h4-5,8,11,14,16,22H,6-7,9-10H2,1-3H3,(H,20,23)/q-1/t14-,16-/m0/s1. The van der Waals surface area contributed by atoms with E-state index in [0.29, 0.717) is 6.42 Å². The number of alkyl halides is 1. The molecule has 0 saturated carbocycles. The minimum absolute atomic E-state index is 0.00886. The van der Waals surface area contributed by atoms with Crippen molar-refractivity contribution in [1.29, 1.82) is 0 Å². The van der Waals surface area contributed by atoms with Gasteiger partial charge in [0.2, 0.25) is 0 Å². The number of hydrogen-bond acceptors (Lipinski definition) is 3. The van der Waals surface area contributed by atoms with E-state index in [4.69, 9.17) is 5.70 Å². The third kappa shape index (κ3) is 4.41. The molecule has 2 rings (SSSR count). The van der Waals surface area contributed by atoms with Gasteiger partial charge in [0, 0.05) is 0 Å². The van der Waals surface area contributed by atoms with E-state index >= 15 is 0 Å². The van der Waals surface area contributed by atoms with E-state index in [1.54, 1.807) is 0 Å². The van der Waals surface area contributed by atoms with Crippen LogP contribution in [-0.2, 0) is 17.6 Å². The minimum atomic E-state index is -0.236. The van der Waals surface area contributed by atoms with Crippen LogP contribution >= 0.6 is 0 Å². The number of benzene rings is 1. The number of amides is 1. The van der Waals surface area contributed by atoms with E-state index in [2.05, 4.69) is 42.3 Å². The number of halogens is 1. The topological polar surface area (TPSA) is 52.6 Å². The van der Waals surface area contributed by atoms with Crippen LogP contribution in [0.25, 0.3) is 0 Å². The van der Waals surface area contributed by atoms with Gasteiger partial charge in [-0.2, -0.15) is 0 Å². The molecule has 126 valence electrons. The Morgan fingerprint density at radius 2 is 2.22 bits per heavy atom. The maximum atomic E-state index is 12.6. The quantitative estimate of drug-likeness (QED) is 0.322. The van der Waals surface area contributed by atoms with Gasteiger partial charge < -0.3 is 0 Å². The van der Waals surface area contributed by atoms with Crippen LogP contribution in [0.1, 0.15) is 25.0 Å². The van der Waals surface area contributed by atoms with Gasteiger partial charge in [0.25, 0.3) is 0 Å². The van der Waals surface area contributed by atoms with Gasteiger partial charge in [-0.25, -0.2) is 0 Å². The number of hydrogen-bond donors (Lipinski definition) is 2. The van der Waals surface area contributed by atoms with Gasteiger partial charge in [0.05, 0.1) is 0 Å². The Kier molecular flexibility index (Phi) is 6.77. The van der Waals surface area contributed by atoms with Crippen molar-refractivity contribution in [2.24, 2.45) is 5.92 Å². The van der Waals surface area contributed by atoms with E-state index in [0.717, 1.165) is 16.5 Å². The zero-order chi connectivity index (χ0) is 17.0. The molecule has 0 spiro atoms. The molecule has 1 heterocycles. The summed E-state index contributed by atoms with van der Waals surface area (Å²) in [6, 6.07) is 6.01. The first-order valence-electron chi connectivity index (χ1n) is 8.01. The second kappa shape index (κ2) is 8.37. The fourth-order valence-corrected chi connectivity index (χ4v) is 4.15. The molecule has 4 nitrogen and oxygen atoms in total. The predicted octanol–water partition coefficient (Wildman–Crippen LogP) is -2.10. The molecule has 0 aromatic heterocycles. The van der Waals surface area contributed by atoms with Crippen molar-refractivity contribution in [2.75, 3.05) is 23.0 Å². The summed E-state index contributed by atoms with van der Waals surface area (Å²) in [6.45, 7) is 4.07. The van der Waals surface area contributed by atoms with Crippen LogP contribution in [-0.4, -0.2) is 46.9 Å². The molecule has 0 bridgehead atoms. The summed E-state index contributed by atoms with van der Waals surface area (Å²) in [5.74, 6) is 0.175. The molecule has 1 aromatic carbocycles. The zero-order valence-electron chi connectivity index (χ0n) is 14.1. The van der Waals surface area contributed by atoms with Crippen LogP contribution in [0.15, 0.2) is 18.2 Å². The molecule has 0 aliphatic carbocycles. The number of aliphatic hydroxyl groups excluding tert-OH is 1. The van der Waals surface area contributed by atoms with Gasteiger partial charge in [-0.3, -0.25) is 0 Å². The second-order valence-corrected chi connectivity index (χ2v) is 8.41. The SMILES string of the molecule is [B][I-]CCc1ccc2c(c1)N(C)[C@@H](C(C)C)C(=O)N[C@H](CO)C2. The van der Waals surface area contributed by atoms with Crippen molar-refractivity contribution in [3.8, 4) is 0 Å². The summed E-state index contributed by atoms with van der Waals surface area (Å²) < 4.78 is 1.06. The normalized spacial score (nSPS) is 21.8. The van der Waals surface area contributed by atoms with Crippen LogP contribution in [0.5, 0.6) is 0 Å². The monoisotopic (exact) mass is 427 g/mol. The number of anilines is 1. The van der Waals surface area contributed by atoms with Crippen molar-refractivity contribution in [3.05, 3.63) is 29.3 Å². The van der Waals surface area contributed by atoms with Crippen LogP contribution in [0.3, 0.4) is 0 Å². The molecule has 6 heteroatoms. The van der Waals surface area contributed by atoms with E-state index in [-0.39, 0.29) is 51.5 Å². The van der Waals surface area contributed by atoms with Crippen LogP contribution in [0, 0.1) is 5.92 Å². The Labute approximate surface area is 150 Å². The Hall–Kier alpha value is -0.755. The number of fused-ring (bicyclic) bond motifs is 1. The number of likely N-dealkylation sites (N-methyl/N-ethyl adjacent to an activating group) is 1. The van der Waals surface area contributed by atoms with Crippen LogP contribution in [0.2, 0.25) is 0 Å². The number of nitrogens with zero attached hydrogens (tertiary/aromatic N) is 1. The molecule has 1 aliphatic heterocycles. The Bertz CT molecular complexity index is 553. The third-order valence-electron chi connectivity index (χ3n) is 4.37. The Balaban J connectivity index is 2.43. The molecule has 0 fully saturated rings. The number of carbonyl (C=O) groups is 1. The van der Waals surface area contributed by atoms with Gasteiger partial charge in [-0.15, -0.1) is 0 Å². The molecule has 0 unspecified atom stereocenters. The van der Waals surface area contributed by atoms with E-state index < -0.39 is 0 Å². The third-order valence-corrected chi connectivity index (χ3v) is 5.53. The van der Waals surface area contributed by atoms with Crippen molar-refractivity contribution in [2.45, 2.75) is 38.8 Å².